The van der Waals surface area contributed by atoms with Crippen LogP contribution in [0.5, 0.6) is 0 Å². The SMILES string of the molecule is Cc1cccc(CNC(=O)[C@@H]2CC(=O)N(Cc3ccccc3)C2)c1. The summed E-state index contributed by atoms with van der Waals surface area (Å²) in [5, 5.41) is 2.96. The predicted molar refractivity (Wildman–Crippen MR) is 93.0 cm³/mol. The fraction of sp³-hybridized carbons (Fsp3) is 0.300. The maximum atomic E-state index is 12.4. The van der Waals surface area contributed by atoms with Gasteiger partial charge in [-0.1, -0.05) is 60.2 Å². The second-order valence-corrected chi connectivity index (χ2v) is 6.37. The van der Waals surface area contributed by atoms with Crippen LogP contribution in [0.3, 0.4) is 0 Å². The molecule has 0 saturated carbocycles. The molecule has 4 heteroatoms. The van der Waals surface area contributed by atoms with E-state index in [0.29, 0.717) is 26.1 Å². The number of carbonyl (C=O) groups is 2. The number of carbonyl (C=O) groups excluding carboxylic acids is 2. The van der Waals surface area contributed by atoms with Gasteiger partial charge in [-0.15, -0.1) is 0 Å². The van der Waals surface area contributed by atoms with Gasteiger partial charge < -0.3 is 10.2 Å². The van der Waals surface area contributed by atoms with Crippen LogP contribution in [0.25, 0.3) is 0 Å². The summed E-state index contributed by atoms with van der Waals surface area (Å²) < 4.78 is 0. The van der Waals surface area contributed by atoms with Crippen molar-refractivity contribution in [3.63, 3.8) is 0 Å². The largest absolute Gasteiger partial charge is 0.352 e. The number of nitrogens with one attached hydrogen (secondary N) is 1. The lowest BCUT2D eigenvalue weighted by atomic mass is 10.1. The molecule has 1 aliphatic rings. The van der Waals surface area contributed by atoms with Crippen molar-refractivity contribution in [2.45, 2.75) is 26.4 Å². The Hall–Kier alpha value is -2.62. The van der Waals surface area contributed by atoms with Crippen molar-refractivity contribution in [1.82, 2.24) is 10.2 Å². The van der Waals surface area contributed by atoms with Crippen molar-refractivity contribution in [2.24, 2.45) is 5.92 Å². The third-order valence-corrected chi connectivity index (χ3v) is 4.35. The first-order valence-corrected chi connectivity index (χ1v) is 8.27. The van der Waals surface area contributed by atoms with Crippen molar-refractivity contribution >= 4 is 11.8 Å². The van der Waals surface area contributed by atoms with Gasteiger partial charge in [0, 0.05) is 26.1 Å². The molecule has 0 unspecified atom stereocenters. The molecule has 1 atom stereocenters. The van der Waals surface area contributed by atoms with Gasteiger partial charge in [-0.25, -0.2) is 0 Å². The third-order valence-electron chi connectivity index (χ3n) is 4.35. The number of likely N-dealkylation sites (tertiary alicyclic amines) is 1. The van der Waals surface area contributed by atoms with E-state index in [-0.39, 0.29) is 17.7 Å². The van der Waals surface area contributed by atoms with E-state index in [0.717, 1.165) is 11.1 Å². The van der Waals surface area contributed by atoms with E-state index in [1.54, 1.807) is 4.90 Å². The van der Waals surface area contributed by atoms with Crippen molar-refractivity contribution in [2.75, 3.05) is 6.54 Å². The average Bonchev–Trinajstić information content (AvgIpc) is 2.95. The Morgan fingerprint density at radius 3 is 2.62 bits per heavy atom. The standard InChI is InChI=1S/C20H22N2O2/c1-15-6-5-9-17(10-15)12-21-20(24)18-11-19(23)22(14-18)13-16-7-3-2-4-8-16/h2-10,18H,11-14H2,1H3,(H,21,24)/t18-/m1/s1. The molecule has 2 aromatic carbocycles. The van der Waals surface area contributed by atoms with Crippen molar-refractivity contribution in [1.29, 1.82) is 0 Å². The molecular formula is C20H22N2O2. The van der Waals surface area contributed by atoms with Gasteiger partial charge in [0.2, 0.25) is 11.8 Å². The van der Waals surface area contributed by atoms with Gasteiger partial charge in [0.1, 0.15) is 0 Å². The summed E-state index contributed by atoms with van der Waals surface area (Å²) >= 11 is 0. The van der Waals surface area contributed by atoms with Gasteiger partial charge >= 0.3 is 0 Å². The molecule has 0 aromatic heterocycles. The molecule has 0 aliphatic carbocycles. The summed E-state index contributed by atoms with van der Waals surface area (Å²) in [6.45, 7) is 3.60. The van der Waals surface area contributed by atoms with Crippen LogP contribution in [0.15, 0.2) is 54.6 Å². The Morgan fingerprint density at radius 1 is 1.12 bits per heavy atom. The third kappa shape index (κ3) is 4.02. The number of nitrogens with zero attached hydrogens (tertiary/aromatic N) is 1. The van der Waals surface area contributed by atoms with Crippen LogP contribution in [0.2, 0.25) is 0 Å². The number of amides is 2. The molecule has 1 N–H and O–H groups in total. The summed E-state index contributed by atoms with van der Waals surface area (Å²) in [6.07, 6.45) is 0.298. The second kappa shape index (κ2) is 7.30. The lowest BCUT2D eigenvalue weighted by Crippen LogP contribution is -2.32. The van der Waals surface area contributed by atoms with Gasteiger partial charge in [-0.2, -0.15) is 0 Å². The minimum atomic E-state index is -0.258. The van der Waals surface area contributed by atoms with Crippen LogP contribution < -0.4 is 5.32 Å². The maximum absolute atomic E-state index is 12.4. The summed E-state index contributed by atoms with van der Waals surface area (Å²) in [6, 6.07) is 17.9. The van der Waals surface area contributed by atoms with Crippen molar-refractivity contribution in [3.8, 4) is 0 Å². The van der Waals surface area contributed by atoms with Crippen LogP contribution in [-0.4, -0.2) is 23.3 Å². The highest BCUT2D eigenvalue weighted by Crippen LogP contribution is 2.20. The first kappa shape index (κ1) is 16.2. The van der Waals surface area contributed by atoms with E-state index >= 15 is 0 Å². The quantitative estimate of drug-likeness (QED) is 0.920. The smallest absolute Gasteiger partial charge is 0.225 e. The molecule has 3 rings (SSSR count). The molecule has 2 aromatic rings. The molecular weight excluding hydrogens is 300 g/mol. The van der Waals surface area contributed by atoms with E-state index in [4.69, 9.17) is 0 Å². The number of benzene rings is 2. The highest BCUT2D eigenvalue weighted by atomic mass is 16.2. The molecule has 124 valence electrons. The lowest BCUT2D eigenvalue weighted by Gasteiger charge is -2.16. The molecule has 0 bridgehead atoms. The summed E-state index contributed by atoms with van der Waals surface area (Å²) in [5.74, 6) is -0.249. The number of aryl methyl sites for hydroxylation is 1. The molecule has 1 aliphatic heterocycles. The van der Waals surface area contributed by atoms with Gasteiger partial charge in [0.15, 0.2) is 0 Å². The van der Waals surface area contributed by atoms with Crippen LogP contribution in [0.4, 0.5) is 0 Å². The molecule has 0 radical (unpaired) electrons. The van der Waals surface area contributed by atoms with E-state index in [1.165, 1.54) is 5.56 Å². The Labute approximate surface area is 142 Å². The van der Waals surface area contributed by atoms with Crippen molar-refractivity contribution < 1.29 is 9.59 Å². The van der Waals surface area contributed by atoms with Gasteiger partial charge in [-0.3, -0.25) is 9.59 Å². The summed E-state index contributed by atoms with van der Waals surface area (Å²) in [7, 11) is 0. The first-order chi connectivity index (χ1) is 11.6. The molecule has 1 fully saturated rings. The molecule has 0 spiro atoms. The van der Waals surface area contributed by atoms with E-state index in [1.807, 2.05) is 55.5 Å². The first-order valence-electron chi connectivity index (χ1n) is 8.27. The zero-order chi connectivity index (χ0) is 16.9. The zero-order valence-corrected chi connectivity index (χ0v) is 13.9. The van der Waals surface area contributed by atoms with Crippen LogP contribution in [-0.2, 0) is 22.7 Å². The van der Waals surface area contributed by atoms with E-state index < -0.39 is 0 Å². The highest BCUT2D eigenvalue weighted by Gasteiger charge is 2.33. The fourth-order valence-corrected chi connectivity index (χ4v) is 3.06. The fourth-order valence-electron chi connectivity index (χ4n) is 3.06. The minimum Gasteiger partial charge on any atom is -0.352 e. The molecule has 24 heavy (non-hydrogen) atoms. The second-order valence-electron chi connectivity index (χ2n) is 6.37. The molecule has 1 heterocycles. The predicted octanol–water partition coefficient (Wildman–Crippen LogP) is 2.66. The molecule has 1 saturated heterocycles. The summed E-state index contributed by atoms with van der Waals surface area (Å²) in [4.78, 5) is 26.3. The molecule has 2 amide bonds. The van der Waals surface area contributed by atoms with Gasteiger partial charge in [0.25, 0.3) is 0 Å². The molecule has 4 nitrogen and oxygen atoms in total. The van der Waals surface area contributed by atoms with Crippen molar-refractivity contribution in [3.05, 3.63) is 71.3 Å². The Bertz CT molecular complexity index is 727. The number of hydrogen-bond donors (Lipinski definition) is 1. The zero-order valence-electron chi connectivity index (χ0n) is 13.9. The Kier molecular flexibility index (Phi) is 4.94. The number of hydrogen-bond acceptors (Lipinski definition) is 2. The van der Waals surface area contributed by atoms with E-state index in [2.05, 4.69) is 11.4 Å². The Balaban J connectivity index is 1.54. The number of rotatable bonds is 5. The maximum Gasteiger partial charge on any atom is 0.225 e. The normalized spacial score (nSPS) is 17.1. The summed E-state index contributed by atoms with van der Waals surface area (Å²) in [5.41, 5.74) is 3.34. The van der Waals surface area contributed by atoms with Crippen LogP contribution >= 0.6 is 0 Å². The van der Waals surface area contributed by atoms with E-state index in [9.17, 15) is 9.59 Å². The van der Waals surface area contributed by atoms with Gasteiger partial charge in [0.05, 0.1) is 5.92 Å². The lowest BCUT2D eigenvalue weighted by molar-refractivity contribution is -0.129. The monoisotopic (exact) mass is 322 g/mol. The van der Waals surface area contributed by atoms with Crippen LogP contribution in [0.1, 0.15) is 23.1 Å². The van der Waals surface area contributed by atoms with Gasteiger partial charge in [-0.05, 0) is 18.1 Å². The van der Waals surface area contributed by atoms with Crippen LogP contribution in [0, 0.1) is 12.8 Å². The highest BCUT2D eigenvalue weighted by molar-refractivity contribution is 5.89. The Morgan fingerprint density at radius 2 is 1.88 bits per heavy atom. The minimum absolute atomic E-state index is 0.0413. The topological polar surface area (TPSA) is 49.4 Å². The average molecular weight is 322 g/mol.